The van der Waals surface area contributed by atoms with Crippen molar-refractivity contribution in [3.8, 4) is 0 Å². The van der Waals surface area contributed by atoms with Crippen LogP contribution in [0.4, 0.5) is 0 Å². The van der Waals surface area contributed by atoms with Crippen molar-refractivity contribution in [2.45, 2.75) is 39.2 Å². The number of nitrogens with one attached hydrogen (secondary N) is 1. The summed E-state index contributed by atoms with van der Waals surface area (Å²) in [6.45, 7) is 7.65. The third kappa shape index (κ3) is 3.66. The van der Waals surface area contributed by atoms with Crippen LogP contribution in [-0.4, -0.2) is 43.5 Å². The second-order valence-electron chi connectivity index (χ2n) is 4.10. The van der Waals surface area contributed by atoms with Crippen LogP contribution in [0.25, 0.3) is 0 Å². The van der Waals surface area contributed by atoms with E-state index < -0.39 is 0 Å². The number of hydrogen-bond acceptors (Lipinski definition) is 3. The Bertz CT molecular complexity index is 189. The Balaban J connectivity index is 2.08. The van der Waals surface area contributed by atoms with Gasteiger partial charge in [-0.25, -0.2) is 0 Å². The smallest absolute Gasteiger partial charge is 0.0964 e. The monoisotopic (exact) mass is 197 g/mol. The Labute approximate surface area is 87.6 Å². The van der Waals surface area contributed by atoms with Gasteiger partial charge in [0.25, 0.3) is 0 Å². The molecule has 3 nitrogen and oxygen atoms in total. The van der Waals surface area contributed by atoms with E-state index in [1.54, 1.807) is 0 Å². The highest BCUT2D eigenvalue weighted by Crippen LogP contribution is 2.01. The molecule has 3 heteroatoms. The number of amidine groups is 1. The molecular formula is C11H23N3. The lowest BCUT2D eigenvalue weighted by Crippen LogP contribution is -2.36. The topological polar surface area (TPSA) is 27.6 Å². The summed E-state index contributed by atoms with van der Waals surface area (Å²) in [5.41, 5.74) is 0. The minimum Gasteiger partial charge on any atom is -0.373 e. The van der Waals surface area contributed by atoms with E-state index in [1.165, 1.54) is 18.7 Å². The average molecular weight is 197 g/mol. The predicted octanol–water partition coefficient (Wildman–Crippen LogP) is 1.50. The molecule has 1 unspecified atom stereocenters. The molecule has 0 aromatic carbocycles. The molecule has 0 aliphatic carbocycles. The van der Waals surface area contributed by atoms with Gasteiger partial charge in [-0.2, -0.15) is 0 Å². The predicted molar refractivity (Wildman–Crippen MR) is 61.9 cm³/mol. The lowest BCUT2D eigenvalue weighted by molar-refractivity contribution is 0.256. The molecule has 0 aromatic heterocycles. The highest BCUT2D eigenvalue weighted by Gasteiger charge is 2.07. The lowest BCUT2D eigenvalue weighted by Gasteiger charge is -2.23. The number of hydrogen-bond donors (Lipinski definition) is 1. The molecule has 14 heavy (non-hydrogen) atoms. The van der Waals surface area contributed by atoms with Crippen LogP contribution in [0.15, 0.2) is 4.99 Å². The van der Waals surface area contributed by atoms with Gasteiger partial charge >= 0.3 is 0 Å². The van der Waals surface area contributed by atoms with Crippen molar-refractivity contribution in [2.24, 2.45) is 4.99 Å². The van der Waals surface area contributed by atoms with Crippen LogP contribution >= 0.6 is 0 Å². The van der Waals surface area contributed by atoms with Gasteiger partial charge in [0.1, 0.15) is 0 Å². The largest absolute Gasteiger partial charge is 0.373 e. The van der Waals surface area contributed by atoms with Crippen molar-refractivity contribution in [3.05, 3.63) is 0 Å². The minimum atomic E-state index is 0.683. The van der Waals surface area contributed by atoms with Crippen molar-refractivity contribution in [1.82, 2.24) is 10.2 Å². The van der Waals surface area contributed by atoms with Gasteiger partial charge in [0.2, 0.25) is 0 Å². The molecule has 1 heterocycles. The van der Waals surface area contributed by atoms with E-state index in [0.717, 1.165) is 26.1 Å². The number of aliphatic imine (C=N–C) groups is 1. The second kappa shape index (κ2) is 6.02. The summed E-state index contributed by atoms with van der Waals surface area (Å²) >= 11 is 0. The fourth-order valence-corrected chi connectivity index (χ4v) is 1.59. The summed E-state index contributed by atoms with van der Waals surface area (Å²) in [6.07, 6.45) is 3.59. The van der Waals surface area contributed by atoms with Gasteiger partial charge in [-0.1, -0.05) is 6.92 Å². The molecule has 82 valence electrons. The van der Waals surface area contributed by atoms with E-state index in [1.807, 2.05) is 0 Å². The lowest BCUT2D eigenvalue weighted by atomic mass is 10.2. The van der Waals surface area contributed by atoms with E-state index in [0.29, 0.717) is 6.04 Å². The van der Waals surface area contributed by atoms with E-state index in [2.05, 4.69) is 36.1 Å². The van der Waals surface area contributed by atoms with Crippen LogP contribution in [0.3, 0.4) is 0 Å². The number of likely N-dealkylation sites (N-methyl/N-ethyl adjacent to an activating group) is 1. The van der Waals surface area contributed by atoms with Gasteiger partial charge in [0, 0.05) is 32.1 Å². The quantitative estimate of drug-likeness (QED) is 0.723. The van der Waals surface area contributed by atoms with Crippen molar-refractivity contribution in [2.75, 3.05) is 26.7 Å². The number of nitrogens with zero attached hydrogens (tertiary/aromatic N) is 2. The van der Waals surface area contributed by atoms with Crippen LogP contribution < -0.4 is 5.32 Å². The Morgan fingerprint density at radius 3 is 2.93 bits per heavy atom. The molecule has 1 atom stereocenters. The first-order chi connectivity index (χ1) is 6.74. The molecule has 0 fully saturated rings. The van der Waals surface area contributed by atoms with Crippen LogP contribution in [-0.2, 0) is 0 Å². The van der Waals surface area contributed by atoms with Crippen LogP contribution in [0, 0.1) is 0 Å². The molecule has 0 radical (unpaired) electrons. The van der Waals surface area contributed by atoms with Crippen molar-refractivity contribution >= 4 is 5.84 Å². The second-order valence-corrected chi connectivity index (χ2v) is 4.10. The summed E-state index contributed by atoms with van der Waals surface area (Å²) in [5.74, 6) is 1.21. The fourth-order valence-electron chi connectivity index (χ4n) is 1.59. The van der Waals surface area contributed by atoms with Crippen LogP contribution in [0.1, 0.15) is 33.1 Å². The van der Waals surface area contributed by atoms with Gasteiger partial charge < -0.3 is 10.2 Å². The van der Waals surface area contributed by atoms with Crippen molar-refractivity contribution < 1.29 is 0 Å². The van der Waals surface area contributed by atoms with Gasteiger partial charge in [-0.05, 0) is 26.8 Å². The summed E-state index contributed by atoms with van der Waals surface area (Å²) in [7, 11) is 2.19. The maximum absolute atomic E-state index is 4.38. The summed E-state index contributed by atoms with van der Waals surface area (Å²) < 4.78 is 0. The van der Waals surface area contributed by atoms with Crippen molar-refractivity contribution in [1.29, 1.82) is 0 Å². The molecule has 0 saturated heterocycles. The molecule has 0 bridgehead atoms. The third-order valence-corrected chi connectivity index (χ3v) is 3.01. The molecule has 1 aliphatic rings. The first-order valence-corrected chi connectivity index (χ1v) is 5.71. The summed E-state index contributed by atoms with van der Waals surface area (Å²) in [4.78, 5) is 6.78. The molecule has 0 spiro atoms. The maximum Gasteiger partial charge on any atom is 0.0964 e. The Kier molecular flexibility index (Phi) is 4.94. The zero-order chi connectivity index (χ0) is 10.4. The fraction of sp³-hybridized carbons (Fsp3) is 0.909. The van der Waals surface area contributed by atoms with E-state index in [-0.39, 0.29) is 0 Å². The summed E-state index contributed by atoms with van der Waals surface area (Å²) in [5, 5.41) is 3.40. The molecule has 0 aromatic rings. The number of rotatable bonds is 5. The van der Waals surface area contributed by atoms with Gasteiger partial charge in [-0.15, -0.1) is 0 Å². The molecule has 1 rings (SSSR count). The van der Waals surface area contributed by atoms with Gasteiger partial charge in [0.15, 0.2) is 0 Å². The van der Waals surface area contributed by atoms with Crippen LogP contribution in [0.5, 0.6) is 0 Å². The molecule has 1 N–H and O–H groups in total. The normalized spacial score (nSPS) is 18.4. The SMILES string of the molecule is CCC(C)N(C)CCNC1=NCCC1. The Morgan fingerprint density at radius 2 is 2.36 bits per heavy atom. The Morgan fingerprint density at radius 1 is 1.57 bits per heavy atom. The van der Waals surface area contributed by atoms with E-state index >= 15 is 0 Å². The molecular weight excluding hydrogens is 174 g/mol. The molecule has 0 amide bonds. The third-order valence-electron chi connectivity index (χ3n) is 3.01. The zero-order valence-electron chi connectivity index (χ0n) is 9.71. The minimum absolute atomic E-state index is 0.683. The first-order valence-electron chi connectivity index (χ1n) is 5.71. The standard InChI is InChI=1S/C11H23N3/c1-4-10(2)14(3)9-8-13-11-6-5-7-12-11/h10H,4-9H2,1-3H3,(H,12,13). The summed E-state index contributed by atoms with van der Waals surface area (Å²) in [6, 6.07) is 0.683. The molecule has 1 aliphatic heterocycles. The van der Waals surface area contributed by atoms with Gasteiger partial charge in [-0.3, -0.25) is 4.99 Å². The van der Waals surface area contributed by atoms with Crippen LogP contribution in [0.2, 0.25) is 0 Å². The molecule has 0 saturated carbocycles. The highest BCUT2D eigenvalue weighted by atomic mass is 15.1. The van der Waals surface area contributed by atoms with E-state index in [9.17, 15) is 0 Å². The maximum atomic E-state index is 4.38. The van der Waals surface area contributed by atoms with E-state index in [4.69, 9.17) is 0 Å². The Hall–Kier alpha value is -0.570. The zero-order valence-corrected chi connectivity index (χ0v) is 9.71. The highest BCUT2D eigenvalue weighted by molar-refractivity contribution is 5.83. The van der Waals surface area contributed by atoms with Crippen molar-refractivity contribution in [3.63, 3.8) is 0 Å². The first kappa shape index (κ1) is 11.5. The van der Waals surface area contributed by atoms with Gasteiger partial charge in [0.05, 0.1) is 5.84 Å². The average Bonchev–Trinajstić information content (AvgIpc) is 2.69.